The highest BCUT2D eigenvalue weighted by Crippen LogP contribution is 2.19. The predicted octanol–water partition coefficient (Wildman–Crippen LogP) is 3.35. The predicted molar refractivity (Wildman–Crippen MR) is 91.5 cm³/mol. The summed E-state index contributed by atoms with van der Waals surface area (Å²) >= 11 is 0. The summed E-state index contributed by atoms with van der Waals surface area (Å²) in [7, 11) is 0. The lowest BCUT2D eigenvalue weighted by Gasteiger charge is -2.15. The topological polar surface area (TPSA) is 48.3 Å². The molecule has 0 aliphatic heterocycles. The van der Waals surface area contributed by atoms with E-state index in [2.05, 4.69) is 0 Å². The zero-order chi connectivity index (χ0) is 16.4. The summed E-state index contributed by atoms with van der Waals surface area (Å²) in [5, 5.41) is 1.36. The lowest BCUT2D eigenvalue weighted by molar-refractivity contribution is -0.147. The van der Waals surface area contributed by atoms with Gasteiger partial charge < -0.3 is 9.30 Å². The van der Waals surface area contributed by atoms with Gasteiger partial charge in [0.2, 0.25) is 0 Å². The highest BCUT2D eigenvalue weighted by molar-refractivity contribution is 5.93. The summed E-state index contributed by atoms with van der Waals surface area (Å²) in [6.45, 7) is 4.42. The first-order chi connectivity index (χ1) is 11.1. The van der Waals surface area contributed by atoms with Gasteiger partial charge in [-0.15, -0.1) is 0 Å². The first-order valence-electron chi connectivity index (χ1n) is 7.76. The zero-order valence-electron chi connectivity index (χ0n) is 13.3. The van der Waals surface area contributed by atoms with Crippen LogP contribution in [0.1, 0.15) is 13.8 Å². The number of benzene rings is 2. The van der Waals surface area contributed by atoms with Crippen LogP contribution in [0.2, 0.25) is 0 Å². The summed E-state index contributed by atoms with van der Waals surface area (Å²) in [6, 6.07) is 15.1. The molecule has 4 heteroatoms. The molecule has 4 nitrogen and oxygen atoms in total. The standard InChI is InChI=1S/C19H19NO3/c1-13(2)19(22)23-12-11-20-16-9-5-3-7-14(16)18(21)15-8-4-6-10-17(15)20/h3-10,13H,11-12H2,1-2H3. The fourth-order valence-electron chi connectivity index (χ4n) is 2.72. The number of nitrogens with zero attached hydrogens (tertiary/aromatic N) is 1. The number of fused-ring (bicyclic) bond motifs is 2. The fraction of sp³-hybridized carbons (Fsp3) is 0.263. The summed E-state index contributed by atoms with van der Waals surface area (Å²) in [4.78, 5) is 24.2. The molecule has 2 aromatic carbocycles. The minimum atomic E-state index is -0.209. The van der Waals surface area contributed by atoms with E-state index in [0.29, 0.717) is 17.3 Å². The molecule has 0 aliphatic carbocycles. The molecule has 1 aromatic heterocycles. The molecule has 0 bridgehead atoms. The molecular weight excluding hydrogens is 290 g/mol. The van der Waals surface area contributed by atoms with E-state index in [9.17, 15) is 9.59 Å². The largest absolute Gasteiger partial charge is 0.464 e. The van der Waals surface area contributed by atoms with Crippen molar-refractivity contribution >= 4 is 27.8 Å². The van der Waals surface area contributed by atoms with Crippen LogP contribution in [0.5, 0.6) is 0 Å². The number of carbonyl (C=O) groups is 1. The fourth-order valence-corrected chi connectivity index (χ4v) is 2.72. The number of esters is 1. The van der Waals surface area contributed by atoms with Crippen LogP contribution in [0.3, 0.4) is 0 Å². The van der Waals surface area contributed by atoms with E-state index in [1.54, 1.807) is 0 Å². The molecule has 0 radical (unpaired) electrons. The Bertz CT molecular complexity index is 865. The number of rotatable bonds is 4. The second-order valence-corrected chi connectivity index (χ2v) is 5.84. The van der Waals surface area contributed by atoms with Crippen molar-refractivity contribution in [2.45, 2.75) is 20.4 Å². The normalized spacial score (nSPS) is 11.3. The second-order valence-electron chi connectivity index (χ2n) is 5.84. The number of hydrogen-bond donors (Lipinski definition) is 0. The quantitative estimate of drug-likeness (QED) is 0.548. The first kappa shape index (κ1) is 15.3. The average molecular weight is 309 g/mol. The van der Waals surface area contributed by atoms with E-state index in [1.807, 2.05) is 66.9 Å². The number of para-hydroxylation sites is 2. The van der Waals surface area contributed by atoms with E-state index in [-0.39, 0.29) is 23.9 Å². The number of ether oxygens (including phenoxy) is 1. The van der Waals surface area contributed by atoms with Crippen LogP contribution in [0.25, 0.3) is 21.8 Å². The maximum atomic E-state index is 12.6. The Kier molecular flexibility index (Phi) is 4.15. The number of pyridine rings is 1. The van der Waals surface area contributed by atoms with E-state index < -0.39 is 0 Å². The minimum Gasteiger partial charge on any atom is -0.464 e. The van der Waals surface area contributed by atoms with Gasteiger partial charge in [0.05, 0.1) is 23.5 Å². The Hall–Kier alpha value is -2.62. The van der Waals surface area contributed by atoms with Gasteiger partial charge in [0.1, 0.15) is 6.61 Å². The third kappa shape index (κ3) is 2.84. The van der Waals surface area contributed by atoms with Crippen LogP contribution in [-0.2, 0) is 16.1 Å². The van der Waals surface area contributed by atoms with E-state index in [1.165, 1.54) is 0 Å². The Balaban J connectivity index is 2.08. The second kappa shape index (κ2) is 6.24. The summed E-state index contributed by atoms with van der Waals surface area (Å²) in [5.74, 6) is -0.350. The van der Waals surface area contributed by atoms with Crippen LogP contribution in [-0.4, -0.2) is 17.1 Å². The molecule has 23 heavy (non-hydrogen) atoms. The molecule has 0 fully saturated rings. The monoisotopic (exact) mass is 309 g/mol. The average Bonchev–Trinajstić information content (AvgIpc) is 2.57. The maximum absolute atomic E-state index is 12.6. The van der Waals surface area contributed by atoms with Gasteiger partial charge in [0, 0.05) is 10.8 Å². The van der Waals surface area contributed by atoms with Gasteiger partial charge in [0.25, 0.3) is 0 Å². The summed E-state index contributed by atoms with van der Waals surface area (Å²) < 4.78 is 7.34. The smallest absolute Gasteiger partial charge is 0.308 e. The van der Waals surface area contributed by atoms with Crippen LogP contribution >= 0.6 is 0 Å². The van der Waals surface area contributed by atoms with Gasteiger partial charge in [-0.2, -0.15) is 0 Å². The lowest BCUT2D eigenvalue weighted by atomic mass is 10.1. The molecule has 0 N–H and O–H groups in total. The maximum Gasteiger partial charge on any atom is 0.308 e. The molecule has 3 rings (SSSR count). The molecule has 0 saturated carbocycles. The van der Waals surface area contributed by atoms with Crippen molar-refractivity contribution in [3.63, 3.8) is 0 Å². The van der Waals surface area contributed by atoms with Gasteiger partial charge in [-0.3, -0.25) is 9.59 Å². The number of hydrogen-bond acceptors (Lipinski definition) is 3. The summed E-state index contributed by atoms with van der Waals surface area (Å²) in [6.07, 6.45) is 0. The van der Waals surface area contributed by atoms with Gasteiger partial charge >= 0.3 is 5.97 Å². The van der Waals surface area contributed by atoms with Crippen molar-refractivity contribution < 1.29 is 9.53 Å². The summed E-state index contributed by atoms with van der Waals surface area (Å²) in [5.41, 5.74) is 1.75. The molecule has 1 heterocycles. The van der Waals surface area contributed by atoms with Crippen LogP contribution < -0.4 is 5.43 Å². The van der Waals surface area contributed by atoms with Crippen LogP contribution in [0.15, 0.2) is 53.3 Å². The van der Waals surface area contributed by atoms with Crippen molar-refractivity contribution in [3.8, 4) is 0 Å². The molecule has 0 unspecified atom stereocenters. The van der Waals surface area contributed by atoms with Crippen LogP contribution in [0.4, 0.5) is 0 Å². The molecule has 0 aliphatic rings. The van der Waals surface area contributed by atoms with Crippen molar-refractivity contribution in [1.29, 1.82) is 0 Å². The first-order valence-corrected chi connectivity index (χ1v) is 7.76. The Morgan fingerprint density at radius 3 is 2.04 bits per heavy atom. The van der Waals surface area contributed by atoms with E-state index in [0.717, 1.165) is 11.0 Å². The molecule has 3 aromatic rings. The van der Waals surface area contributed by atoms with Gasteiger partial charge in [-0.05, 0) is 24.3 Å². The molecule has 0 saturated heterocycles. The van der Waals surface area contributed by atoms with E-state index >= 15 is 0 Å². The molecule has 0 amide bonds. The molecule has 118 valence electrons. The Labute approximate surface area is 134 Å². The van der Waals surface area contributed by atoms with E-state index in [4.69, 9.17) is 4.74 Å². The highest BCUT2D eigenvalue weighted by Gasteiger charge is 2.11. The Morgan fingerprint density at radius 2 is 1.52 bits per heavy atom. The van der Waals surface area contributed by atoms with Crippen LogP contribution in [0, 0.1) is 5.92 Å². The molecule has 0 atom stereocenters. The van der Waals surface area contributed by atoms with Crippen molar-refractivity contribution in [3.05, 3.63) is 58.8 Å². The number of aromatic nitrogens is 1. The highest BCUT2D eigenvalue weighted by atomic mass is 16.5. The van der Waals surface area contributed by atoms with Crippen molar-refractivity contribution in [1.82, 2.24) is 4.57 Å². The Morgan fingerprint density at radius 1 is 1.00 bits per heavy atom. The van der Waals surface area contributed by atoms with Gasteiger partial charge in [-0.25, -0.2) is 0 Å². The zero-order valence-corrected chi connectivity index (χ0v) is 13.3. The van der Waals surface area contributed by atoms with Gasteiger partial charge in [0.15, 0.2) is 5.43 Å². The van der Waals surface area contributed by atoms with Gasteiger partial charge in [-0.1, -0.05) is 38.1 Å². The third-order valence-electron chi connectivity index (χ3n) is 3.91. The SMILES string of the molecule is CC(C)C(=O)OCCn1c2ccccc2c(=O)c2ccccc21. The van der Waals surface area contributed by atoms with Crippen molar-refractivity contribution in [2.24, 2.45) is 5.92 Å². The molecular formula is C19H19NO3. The molecule has 0 spiro atoms. The third-order valence-corrected chi connectivity index (χ3v) is 3.91. The minimum absolute atomic E-state index is 0.0339. The lowest BCUT2D eigenvalue weighted by Crippen LogP contribution is -2.18. The number of carbonyl (C=O) groups excluding carboxylic acids is 1. The van der Waals surface area contributed by atoms with Crippen molar-refractivity contribution in [2.75, 3.05) is 6.61 Å².